The fourth-order valence-corrected chi connectivity index (χ4v) is 4.12. The molecule has 1 atom stereocenters. The Morgan fingerprint density at radius 3 is 2.18 bits per heavy atom. The summed E-state index contributed by atoms with van der Waals surface area (Å²) in [6.45, 7) is -1.71. The van der Waals surface area contributed by atoms with Crippen LogP contribution in [0.15, 0.2) is 47.5 Å². The minimum Gasteiger partial charge on any atom is -0.326 e. The SMILES string of the molecule is O=C(Cc1ccc(C(F)(F)F)cc1C(F)(F)F)NC1N=C(C2CC2)c2ccccc2N(CC(F)(F)F)C1=O. The normalized spacial score (nSPS) is 18.6. The van der Waals surface area contributed by atoms with E-state index in [9.17, 15) is 49.1 Å². The third kappa shape index (κ3) is 6.10. The van der Waals surface area contributed by atoms with Gasteiger partial charge in [0.2, 0.25) is 12.1 Å². The van der Waals surface area contributed by atoms with E-state index in [-0.39, 0.29) is 28.9 Å². The maximum atomic E-state index is 13.5. The number of carbonyl (C=O) groups excluding carboxylic acids is 2. The summed E-state index contributed by atoms with van der Waals surface area (Å²) in [5.74, 6) is -2.70. The molecule has 1 heterocycles. The summed E-state index contributed by atoms with van der Waals surface area (Å²) < 4.78 is 119. The quantitative estimate of drug-likeness (QED) is 0.498. The zero-order valence-electron chi connectivity index (χ0n) is 19.1. The molecule has 4 rings (SSSR count). The van der Waals surface area contributed by atoms with Crippen molar-refractivity contribution in [1.29, 1.82) is 0 Å². The molecule has 38 heavy (non-hydrogen) atoms. The number of rotatable bonds is 5. The van der Waals surface area contributed by atoms with Crippen molar-refractivity contribution in [2.75, 3.05) is 11.4 Å². The predicted octanol–water partition coefficient (Wildman–Crippen LogP) is 5.52. The van der Waals surface area contributed by atoms with Gasteiger partial charge in [0.1, 0.15) is 6.54 Å². The van der Waals surface area contributed by atoms with Crippen LogP contribution >= 0.6 is 0 Å². The fraction of sp³-hybridized carbons (Fsp3) is 0.375. The molecule has 1 unspecified atom stereocenters. The number of hydrogen-bond donors (Lipinski definition) is 1. The number of aliphatic imine (C=N–C) groups is 1. The first-order valence-electron chi connectivity index (χ1n) is 11.2. The van der Waals surface area contributed by atoms with Crippen molar-refractivity contribution in [2.24, 2.45) is 10.9 Å². The lowest BCUT2D eigenvalue weighted by molar-refractivity contribution is -0.143. The van der Waals surface area contributed by atoms with Crippen LogP contribution in [0.5, 0.6) is 0 Å². The average Bonchev–Trinajstić information content (AvgIpc) is 3.63. The first kappa shape index (κ1) is 27.5. The summed E-state index contributed by atoms with van der Waals surface area (Å²) in [5.41, 5.74) is -3.65. The van der Waals surface area contributed by atoms with E-state index in [1.54, 1.807) is 0 Å². The van der Waals surface area contributed by atoms with Crippen LogP contribution in [-0.2, 0) is 28.4 Å². The van der Waals surface area contributed by atoms with Crippen LogP contribution in [-0.4, -0.2) is 36.4 Å². The highest BCUT2D eigenvalue weighted by Gasteiger charge is 2.43. The number of carbonyl (C=O) groups is 2. The average molecular weight is 551 g/mol. The first-order valence-corrected chi connectivity index (χ1v) is 11.2. The van der Waals surface area contributed by atoms with Crippen LogP contribution in [0.4, 0.5) is 45.2 Å². The first-order chi connectivity index (χ1) is 17.5. The Morgan fingerprint density at radius 1 is 0.947 bits per heavy atom. The van der Waals surface area contributed by atoms with Gasteiger partial charge in [0.25, 0.3) is 5.91 Å². The smallest absolute Gasteiger partial charge is 0.326 e. The molecule has 0 spiro atoms. The van der Waals surface area contributed by atoms with Gasteiger partial charge in [0.05, 0.1) is 28.9 Å². The Kier molecular flexibility index (Phi) is 6.95. The summed E-state index contributed by atoms with van der Waals surface area (Å²) in [7, 11) is 0. The molecule has 2 aromatic carbocycles. The molecule has 14 heteroatoms. The largest absolute Gasteiger partial charge is 0.416 e. The van der Waals surface area contributed by atoms with Crippen molar-refractivity contribution >= 4 is 23.2 Å². The van der Waals surface area contributed by atoms with E-state index >= 15 is 0 Å². The number of nitrogens with zero attached hydrogens (tertiary/aromatic N) is 2. The molecule has 1 N–H and O–H groups in total. The topological polar surface area (TPSA) is 61.8 Å². The zero-order valence-corrected chi connectivity index (χ0v) is 19.1. The number of benzodiazepines with no additional fused rings is 1. The Balaban J connectivity index is 1.66. The van der Waals surface area contributed by atoms with Gasteiger partial charge >= 0.3 is 18.5 Å². The van der Waals surface area contributed by atoms with Crippen molar-refractivity contribution in [3.05, 3.63) is 64.7 Å². The molecule has 2 aromatic rings. The highest BCUT2D eigenvalue weighted by Crippen LogP contribution is 2.39. The van der Waals surface area contributed by atoms with Crippen molar-refractivity contribution in [3.8, 4) is 0 Å². The van der Waals surface area contributed by atoms with Gasteiger partial charge in [-0.1, -0.05) is 24.3 Å². The molecular formula is C24H18F9N3O2. The van der Waals surface area contributed by atoms with Crippen LogP contribution in [0, 0.1) is 5.92 Å². The van der Waals surface area contributed by atoms with Crippen LogP contribution in [0.2, 0.25) is 0 Å². The summed E-state index contributed by atoms with van der Waals surface area (Å²) in [6, 6.07) is 6.45. The zero-order chi connectivity index (χ0) is 28.0. The summed E-state index contributed by atoms with van der Waals surface area (Å²) >= 11 is 0. The lowest BCUT2D eigenvalue weighted by Crippen LogP contribution is -2.50. The van der Waals surface area contributed by atoms with Gasteiger partial charge in [0.15, 0.2) is 0 Å². The number of benzene rings is 2. The molecule has 1 aliphatic carbocycles. The van der Waals surface area contributed by atoms with Gasteiger partial charge in [-0.25, -0.2) is 0 Å². The van der Waals surface area contributed by atoms with Crippen LogP contribution < -0.4 is 10.2 Å². The lowest BCUT2D eigenvalue weighted by Gasteiger charge is -2.26. The summed E-state index contributed by atoms with van der Waals surface area (Å²) in [6.07, 6.45) is -16.9. The molecule has 1 fully saturated rings. The third-order valence-electron chi connectivity index (χ3n) is 5.93. The second kappa shape index (κ2) is 9.62. The maximum absolute atomic E-state index is 13.5. The molecule has 2 amide bonds. The van der Waals surface area contributed by atoms with Gasteiger partial charge in [-0.05, 0) is 36.6 Å². The number of anilines is 1. The van der Waals surface area contributed by atoms with E-state index in [2.05, 4.69) is 10.3 Å². The third-order valence-corrected chi connectivity index (χ3v) is 5.93. The van der Waals surface area contributed by atoms with Crippen LogP contribution in [0.1, 0.15) is 35.1 Å². The Labute approximate surface area is 209 Å². The van der Waals surface area contributed by atoms with Crippen LogP contribution in [0.25, 0.3) is 0 Å². The predicted molar refractivity (Wildman–Crippen MR) is 116 cm³/mol. The molecule has 204 valence electrons. The standard InChI is InChI=1S/C24H18F9N3O2/c25-22(26,27)11-36-17-4-2-1-3-15(17)19(12-5-6-12)35-20(21(36)38)34-18(37)9-13-7-8-14(23(28,29)30)10-16(13)24(31,32)33/h1-4,7-8,10,12,20H,5-6,9,11H2,(H,34,37). The highest BCUT2D eigenvalue weighted by molar-refractivity contribution is 6.14. The molecule has 0 aromatic heterocycles. The Morgan fingerprint density at radius 2 is 1.61 bits per heavy atom. The molecule has 1 saturated carbocycles. The number of amides is 2. The van der Waals surface area contributed by atoms with E-state index < -0.39 is 66.2 Å². The van der Waals surface area contributed by atoms with E-state index in [0.717, 1.165) is 0 Å². The van der Waals surface area contributed by atoms with E-state index in [1.165, 1.54) is 24.3 Å². The van der Waals surface area contributed by atoms with Crippen molar-refractivity contribution < 1.29 is 49.1 Å². The van der Waals surface area contributed by atoms with E-state index in [4.69, 9.17) is 0 Å². The number of hydrogen-bond acceptors (Lipinski definition) is 3. The number of alkyl halides is 9. The summed E-state index contributed by atoms with van der Waals surface area (Å²) in [4.78, 5) is 30.4. The van der Waals surface area contributed by atoms with Crippen molar-refractivity contribution in [1.82, 2.24) is 5.32 Å². The van der Waals surface area contributed by atoms with Gasteiger partial charge in [-0.15, -0.1) is 0 Å². The van der Waals surface area contributed by atoms with Gasteiger partial charge < -0.3 is 5.32 Å². The second-order valence-electron chi connectivity index (χ2n) is 8.86. The number of nitrogens with one attached hydrogen (secondary N) is 1. The number of fused-ring (bicyclic) bond motifs is 1. The minimum absolute atomic E-state index is 0.0840. The van der Waals surface area contributed by atoms with Gasteiger partial charge in [-0.2, -0.15) is 39.5 Å². The van der Waals surface area contributed by atoms with E-state index in [1.807, 2.05) is 0 Å². The van der Waals surface area contributed by atoms with Crippen molar-refractivity contribution in [2.45, 2.75) is 44.0 Å². The van der Waals surface area contributed by atoms with Crippen molar-refractivity contribution in [3.63, 3.8) is 0 Å². The van der Waals surface area contributed by atoms with Crippen LogP contribution in [0.3, 0.4) is 0 Å². The van der Waals surface area contributed by atoms with Gasteiger partial charge in [0, 0.05) is 11.5 Å². The molecule has 1 aliphatic heterocycles. The fourth-order valence-electron chi connectivity index (χ4n) is 4.12. The minimum atomic E-state index is -5.24. The molecule has 0 bridgehead atoms. The summed E-state index contributed by atoms with van der Waals surface area (Å²) in [5, 5.41) is 2.07. The molecule has 0 radical (unpaired) electrons. The van der Waals surface area contributed by atoms with Gasteiger partial charge in [-0.3, -0.25) is 19.5 Å². The second-order valence-corrected chi connectivity index (χ2v) is 8.86. The van der Waals surface area contributed by atoms with E-state index in [0.29, 0.717) is 29.9 Å². The number of halogens is 9. The maximum Gasteiger partial charge on any atom is 0.416 e. The Bertz CT molecular complexity index is 1280. The molecule has 0 saturated heterocycles. The monoisotopic (exact) mass is 551 g/mol. The lowest BCUT2D eigenvalue weighted by atomic mass is 10.00. The molecule has 2 aliphatic rings. The molecular weight excluding hydrogens is 533 g/mol. The Hall–Kier alpha value is -3.58. The highest BCUT2D eigenvalue weighted by atomic mass is 19.4. The number of para-hydroxylation sites is 1. The molecule has 5 nitrogen and oxygen atoms in total.